The molecule has 0 N–H and O–H groups in total. The number of hydrogen-bond donors (Lipinski definition) is 0. The maximum absolute atomic E-state index is 5.27. The van der Waals surface area contributed by atoms with Crippen molar-refractivity contribution < 1.29 is 4.74 Å². The monoisotopic (exact) mass is 213 g/mol. The molecule has 0 bridgehead atoms. The highest BCUT2D eigenvalue weighted by Crippen LogP contribution is 2.26. The first-order valence-corrected chi connectivity index (χ1v) is 5.65. The third kappa shape index (κ3) is 1.76. The Bertz CT molecular complexity index is 500. The van der Waals surface area contributed by atoms with Crippen LogP contribution in [0.25, 0.3) is 10.8 Å². The molecule has 3 rings (SSSR count). The Morgan fingerprint density at radius 1 is 1.19 bits per heavy atom. The van der Waals surface area contributed by atoms with E-state index in [2.05, 4.69) is 54.4 Å². The fraction of sp³-hybridized carbons (Fsp3) is 0.286. The summed E-state index contributed by atoms with van der Waals surface area (Å²) in [5, 5.41) is 2.61. The molecule has 2 nitrogen and oxygen atoms in total. The lowest BCUT2D eigenvalue weighted by Gasteiger charge is -2.20. The molecular formula is C14H15NO. The van der Waals surface area contributed by atoms with E-state index < -0.39 is 0 Å². The first kappa shape index (κ1) is 9.67. The van der Waals surface area contributed by atoms with Crippen molar-refractivity contribution in [3.63, 3.8) is 0 Å². The summed E-state index contributed by atoms with van der Waals surface area (Å²) in [5.41, 5.74) is 1.29. The minimum absolute atomic E-state index is 0.434. The topological polar surface area (TPSA) is 15.8 Å². The van der Waals surface area contributed by atoms with E-state index in [1.54, 1.807) is 0 Å². The number of rotatable bonds is 3. The summed E-state index contributed by atoms with van der Waals surface area (Å²) in [4.78, 5) is 2.28. The van der Waals surface area contributed by atoms with E-state index in [1.807, 2.05) is 0 Å². The average Bonchev–Trinajstić information content (AvgIpc) is 3.12. The van der Waals surface area contributed by atoms with Gasteiger partial charge in [0.15, 0.2) is 0 Å². The molecule has 0 radical (unpaired) electrons. The first-order valence-electron chi connectivity index (χ1n) is 5.65. The summed E-state index contributed by atoms with van der Waals surface area (Å²) in [6, 6.07) is 14.9. The van der Waals surface area contributed by atoms with Crippen LogP contribution in [0.15, 0.2) is 42.5 Å². The molecule has 1 atom stereocenters. The van der Waals surface area contributed by atoms with Crippen LogP contribution in [-0.2, 0) is 4.74 Å². The summed E-state index contributed by atoms with van der Waals surface area (Å²) in [5.74, 6) is 0. The Kier molecular flexibility index (Phi) is 2.29. The molecular weight excluding hydrogens is 198 g/mol. The number of hydrogen-bond acceptors (Lipinski definition) is 2. The Labute approximate surface area is 95.4 Å². The number of epoxide rings is 1. The summed E-state index contributed by atoms with van der Waals surface area (Å²) in [6.07, 6.45) is 0.434. The van der Waals surface area contributed by atoms with E-state index >= 15 is 0 Å². The number of ether oxygens (including phenoxy) is 1. The van der Waals surface area contributed by atoms with Crippen LogP contribution in [0.4, 0.5) is 5.69 Å². The predicted octanol–water partition coefficient (Wildman–Crippen LogP) is 2.67. The minimum Gasteiger partial charge on any atom is -0.371 e. The van der Waals surface area contributed by atoms with Crippen LogP contribution in [-0.4, -0.2) is 26.3 Å². The fourth-order valence-electron chi connectivity index (χ4n) is 2.12. The zero-order chi connectivity index (χ0) is 11.0. The largest absolute Gasteiger partial charge is 0.371 e. The van der Waals surface area contributed by atoms with E-state index in [1.165, 1.54) is 16.5 Å². The van der Waals surface area contributed by atoms with Gasteiger partial charge in [0, 0.05) is 24.7 Å². The van der Waals surface area contributed by atoms with E-state index in [0.29, 0.717) is 6.10 Å². The lowest BCUT2D eigenvalue weighted by atomic mass is 10.1. The highest BCUT2D eigenvalue weighted by molar-refractivity contribution is 5.94. The highest BCUT2D eigenvalue weighted by atomic mass is 16.6. The van der Waals surface area contributed by atoms with Crippen LogP contribution >= 0.6 is 0 Å². The number of anilines is 1. The molecule has 1 fully saturated rings. The zero-order valence-corrected chi connectivity index (χ0v) is 9.39. The second kappa shape index (κ2) is 3.80. The van der Waals surface area contributed by atoms with Gasteiger partial charge in [-0.2, -0.15) is 0 Å². The predicted molar refractivity (Wildman–Crippen MR) is 67.0 cm³/mol. The van der Waals surface area contributed by atoms with Crippen LogP contribution < -0.4 is 4.90 Å². The van der Waals surface area contributed by atoms with Gasteiger partial charge in [0.1, 0.15) is 0 Å². The van der Waals surface area contributed by atoms with Gasteiger partial charge in [-0.05, 0) is 11.5 Å². The van der Waals surface area contributed by atoms with Crippen molar-refractivity contribution in [3.05, 3.63) is 42.5 Å². The van der Waals surface area contributed by atoms with Crippen LogP contribution in [0, 0.1) is 0 Å². The fourth-order valence-corrected chi connectivity index (χ4v) is 2.12. The van der Waals surface area contributed by atoms with Gasteiger partial charge in [-0.25, -0.2) is 0 Å². The molecule has 1 heterocycles. The van der Waals surface area contributed by atoms with E-state index in [9.17, 15) is 0 Å². The second-order valence-corrected chi connectivity index (χ2v) is 4.33. The smallest absolute Gasteiger partial charge is 0.0984 e. The molecule has 0 aromatic heterocycles. The maximum Gasteiger partial charge on any atom is 0.0984 e. The molecule has 2 aromatic carbocycles. The van der Waals surface area contributed by atoms with Gasteiger partial charge < -0.3 is 9.64 Å². The van der Waals surface area contributed by atoms with E-state index in [-0.39, 0.29) is 0 Å². The second-order valence-electron chi connectivity index (χ2n) is 4.33. The maximum atomic E-state index is 5.27. The third-order valence-electron chi connectivity index (χ3n) is 3.06. The van der Waals surface area contributed by atoms with Crippen molar-refractivity contribution in [2.45, 2.75) is 6.10 Å². The molecule has 0 amide bonds. The van der Waals surface area contributed by atoms with E-state index in [4.69, 9.17) is 4.74 Å². The Morgan fingerprint density at radius 3 is 2.75 bits per heavy atom. The number of fused-ring (bicyclic) bond motifs is 1. The van der Waals surface area contributed by atoms with Crippen molar-refractivity contribution in [3.8, 4) is 0 Å². The summed E-state index contributed by atoms with van der Waals surface area (Å²) >= 11 is 0. The van der Waals surface area contributed by atoms with Crippen molar-refractivity contribution >= 4 is 16.5 Å². The molecule has 0 spiro atoms. The van der Waals surface area contributed by atoms with Gasteiger partial charge in [-0.1, -0.05) is 36.4 Å². The molecule has 82 valence electrons. The van der Waals surface area contributed by atoms with Gasteiger partial charge in [0.05, 0.1) is 12.7 Å². The third-order valence-corrected chi connectivity index (χ3v) is 3.06. The first-order chi connectivity index (χ1) is 7.84. The lowest BCUT2D eigenvalue weighted by molar-refractivity contribution is 0.410. The minimum atomic E-state index is 0.434. The van der Waals surface area contributed by atoms with Crippen molar-refractivity contribution in [1.29, 1.82) is 0 Å². The van der Waals surface area contributed by atoms with Crippen molar-refractivity contribution in [1.82, 2.24) is 0 Å². The van der Waals surface area contributed by atoms with Gasteiger partial charge in [0.2, 0.25) is 0 Å². The molecule has 1 unspecified atom stereocenters. The van der Waals surface area contributed by atoms with Gasteiger partial charge in [-0.15, -0.1) is 0 Å². The number of nitrogens with zero attached hydrogens (tertiary/aromatic N) is 1. The Balaban J connectivity index is 2.00. The van der Waals surface area contributed by atoms with E-state index in [0.717, 1.165) is 13.2 Å². The van der Waals surface area contributed by atoms with Crippen molar-refractivity contribution in [2.24, 2.45) is 0 Å². The molecule has 16 heavy (non-hydrogen) atoms. The normalized spacial score (nSPS) is 18.7. The van der Waals surface area contributed by atoms with Crippen molar-refractivity contribution in [2.75, 3.05) is 25.1 Å². The Hall–Kier alpha value is -1.54. The summed E-state index contributed by atoms with van der Waals surface area (Å²) in [7, 11) is 2.13. The van der Waals surface area contributed by atoms with Gasteiger partial charge in [0.25, 0.3) is 0 Å². The quantitative estimate of drug-likeness (QED) is 0.728. The molecule has 1 saturated heterocycles. The molecule has 0 aliphatic carbocycles. The summed E-state index contributed by atoms with van der Waals surface area (Å²) < 4.78 is 5.27. The van der Waals surface area contributed by atoms with Crippen LogP contribution in [0.3, 0.4) is 0 Å². The van der Waals surface area contributed by atoms with Gasteiger partial charge in [-0.3, -0.25) is 0 Å². The van der Waals surface area contributed by atoms with Crippen LogP contribution in [0.5, 0.6) is 0 Å². The van der Waals surface area contributed by atoms with Crippen LogP contribution in [0.2, 0.25) is 0 Å². The molecule has 2 aromatic rings. The van der Waals surface area contributed by atoms with Crippen LogP contribution in [0.1, 0.15) is 0 Å². The molecule has 2 heteroatoms. The summed E-state index contributed by atoms with van der Waals surface area (Å²) in [6.45, 7) is 1.89. The Morgan fingerprint density at radius 2 is 1.94 bits per heavy atom. The standard InChI is InChI=1S/C14H15NO/c1-15(9-12-10-16-12)14-8-4-6-11-5-2-3-7-13(11)14/h2-8,12H,9-10H2,1H3. The highest BCUT2D eigenvalue weighted by Gasteiger charge is 2.24. The SMILES string of the molecule is CN(CC1CO1)c1cccc2ccccc12. The average molecular weight is 213 g/mol. The number of likely N-dealkylation sites (N-methyl/N-ethyl adjacent to an activating group) is 1. The number of benzene rings is 2. The zero-order valence-electron chi connectivity index (χ0n) is 9.39. The van der Waals surface area contributed by atoms with Gasteiger partial charge >= 0.3 is 0 Å². The molecule has 0 saturated carbocycles. The lowest BCUT2D eigenvalue weighted by Crippen LogP contribution is -2.22. The molecule has 1 aliphatic rings. The molecule has 1 aliphatic heterocycles.